The Morgan fingerprint density at radius 2 is 1.88 bits per heavy atom. The van der Waals surface area contributed by atoms with Gasteiger partial charge in [0, 0.05) is 18.0 Å². The number of benzene rings is 1. The van der Waals surface area contributed by atoms with Crippen LogP contribution in [0.4, 0.5) is 5.69 Å². The van der Waals surface area contributed by atoms with Crippen molar-refractivity contribution in [1.82, 2.24) is 10.3 Å². The normalized spacial score (nSPS) is 10.3. The lowest BCUT2D eigenvalue weighted by molar-refractivity contribution is 0.0522. The molecular weight excluding hydrogens is 330 g/mol. The minimum atomic E-state index is -0.464. The van der Waals surface area contributed by atoms with E-state index in [1.54, 1.807) is 33.3 Å². The molecule has 0 spiro atoms. The maximum Gasteiger partial charge on any atom is 0.356 e. The van der Waals surface area contributed by atoms with E-state index in [1.165, 1.54) is 0 Å². The van der Waals surface area contributed by atoms with Gasteiger partial charge < -0.3 is 29.8 Å². The Hall–Kier alpha value is -2.48. The van der Waals surface area contributed by atoms with E-state index in [4.69, 9.17) is 26.4 Å². The Balaban J connectivity index is 2.60. The second-order valence-corrected chi connectivity index (χ2v) is 5.24. The molecule has 0 saturated carbocycles. The number of H-pyrrole nitrogens is 1. The molecule has 0 fully saturated rings. The van der Waals surface area contributed by atoms with E-state index in [2.05, 4.69) is 15.6 Å². The number of aromatic nitrogens is 1. The summed E-state index contributed by atoms with van der Waals surface area (Å²) in [6.45, 7) is 4.63. The molecule has 2 rings (SSSR count). The zero-order valence-electron chi connectivity index (χ0n) is 14.1. The fourth-order valence-corrected chi connectivity index (χ4v) is 2.57. The van der Waals surface area contributed by atoms with Crippen molar-refractivity contribution < 1.29 is 19.0 Å². The largest absolute Gasteiger partial charge is 0.493 e. The Labute approximate surface area is 145 Å². The molecular formula is C16H21N3O4S. The fraction of sp³-hybridized carbons (Fsp3) is 0.375. The molecule has 0 aliphatic carbocycles. The lowest BCUT2D eigenvalue weighted by Crippen LogP contribution is -2.28. The Morgan fingerprint density at radius 1 is 1.21 bits per heavy atom. The lowest BCUT2D eigenvalue weighted by Gasteiger charge is -2.11. The summed E-state index contributed by atoms with van der Waals surface area (Å²) in [6.07, 6.45) is 0. The summed E-state index contributed by atoms with van der Waals surface area (Å²) >= 11 is 5.24. The van der Waals surface area contributed by atoms with Crippen LogP contribution in [0.2, 0.25) is 0 Å². The molecule has 0 aliphatic heterocycles. The number of fused-ring (bicyclic) bond motifs is 1. The monoisotopic (exact) mass is 351 g/mol. The van der Waals surface area contributed by atoms with E-state index in [9.17, 15) is 4.79 Å². The standard InChI is InChI=1S/C16H21N3O4S/c1-5-17-16(24)19-13-9-7-11(21-3)12(22-4)8-10(9)18-14(13)15(20)23-6-2/h7-8,18H,5-6H2,1-4H3,(H2,17,19,24). The smallest absolute Gasteiger partial charge is 0.356 e. The number of anilines is 1. The van der Waals surface area contributed by atoms with Gasteiger partial charge in [-0.3, -0.25) is 0 Å². The predicted molar refractivity (Wildman–Crippen MR) is 97.3 cm³/mol. The molecule has 0 radical (unpaired) electrons. The first-order valence-corrected chi connectivity index (χ1v) is 7.96. The number of methoxy groups -OCH3 is 2. The highest BCUT2D eigenvalue weighted by Crippen LogP contribution is 2.37. The highest BCUT2D eigenvalue weighted by Gasteiger charge is 2.21. The number of carbonyl (C=O) groups is 1. The number of ether oxygens (including phenoxy) is 3. The van der Waals surface area contributed by atoms with E-state index in [0.717, 1.165) is 5.39 Å². The van der Waals surface area contributed by atoms with Gasteiger partial charge in [-0.1, -0.05) is 0 Å². The highest BCUT2D eigenvalue weighted by atomic mass is 32.1. The van der Waals surface area contributed by atoms with Gasteiger partial charge in [0.1, 0.15) is 5.69 Å². The van der Waals surface area contributed by atoms with Crippen LogP contribution in [0.15, 0.2) is 12.1 Å². The number of thiocarbonyl (C=S) groups is 1. The zero-order valence-corrected chi connectivity index (χ0v) is 14.9. The first kappa shape index (κ1) is 17.9. The second kappa shape index (κ2) is 7.87. The van der Waals surface area contributed by atoms with Crippen LogP contribution in [0.1, 0.15) is 24.3 Å². The molecule has 0 bridgehead atoms. The van der Waals surface area contributed by atoms with Gasteiger partial charge >= 0.3 is 5.97 Å². The van der Waals surface area contributed by atoms with Crippen LogP contribution < -0.4 is 20.1 Å². The number of esters is 1. The van der Waals surface area contributed by atoms with Crippen LogP contribution in [-0.4, -0.2) is 43.4 Å². The molecule has 0 aliphatic rings. The van der Waals surface area contributed by atoms with E-state index >= 15 is 0 Å². The molecule has 3 N–H and O–H groups in total. The molecule has 1 heterocycles. The maximum absolute atomic E-state index is 12.3. The van der Waals surface area contributed by atoms with Crippen molar-refractivity contribution in [2.45, 2.75) is 13.8 Å². The van der Waals surface area contributed by atoms with Crippen LogP contribution in [0.5, 0.6) is 11.5 Å². The number of nitrogens with one attached hydrogen (secondary N) is 3. The molecule has 8 heteroatoms. The molecule has 130 valence electrons. The third-order valence-electron chi connectivity index (χ3n) is 3.36. The predicted octanol–water partition coefficient (Wildman–Crippen LogP) is 2.67. The molecule has 0 unspecified atom stereocenters. The summed E-state index contributed by atoms with van der Waals surface area (Å²) in [7, 11) is 3.11. The number of aromatic amines is 1. The second-order valence-electron chi connectivity index (χ2n) is 4.83. The first-order chi connectivity index (χ1) is 11.5. The van der Waals surface area contributed by atoms with Crippen molar-refractivity contribution in [1.29, 1.82) is 0 Å². The zero-order chi connectivity index (χ0) is 17.7. The lowest BCUT2D eigenvalue weighted by atomic mass is 10.2. The van der Waals surface area contributed by atoms with Crippen LogP contribution in [-0.2, 0) is 4.74 Å². The molecule has 0 amide bonds. The summed E-state index contributed by atoms with van der Waals surface area (Å²) in [5, 5.41) is 7.21. The Bertz CT molecular complexity index is 757. The molecule has 1 aromatic heterocycles. The summed E-state index contributed by atoms with van der Waals surface area (Å²) in [4.78, 5) is 15.3. The topological polar surface area (TPSA) is 84.6 Å². The van der Waals surface area contributed by atoms with E-state index in [1.807, 2.05) is 6.92 Å². The third kappa shape index (κ3) is 3.53. The van der Waals surface area contributed by atoms with E-state index in [0.29, 0.717) is 40.1 Å². The average molecular weight is 351 g/mol. The van der Waals surface area contributed by atoms with Crippen molar-refractivity contribution in [3.05, 3.63) is 17.8 Å². The summed E-state index contributed by atoms with van der Waals surface area (Å²) in [6, 6.07) is 3.54. The number of hydrogen-bond acceptors (Lipinski definition) is 5. The minimum absolute atomic E-state index is 0.276. The summed E-state index contributed by atoms with van der Waals surface area (Å²) in [5.41, 5.74) is 1.54. The summed E-state index contributed by atoms with van der Waals surface area (Å²) in [5.74, 6) is 0.646. The number of rotatable bonds is 6. The quantitative estimate of drug-likeness (QED) is 0.545. The van der Waals surface area contributed by atoms with Crippen molar-refractivity contribution in [3.8, 4) is 11.5 Å². The van der Waals surface area contributed by atoms with Crippen LogP contribution in [0.3, 0.4) is 0 Å². The molecule has 0 atom stereocenters. The molecule has 24 heavy (non-hydrogen) atoms. The van der Waals surface area contributed by atoms with Gasteiger partial charge in [0.05, 0.1) is 32.0 Å². The van der Waals surface area contributed by atoms with Gasteiger partial charge in [-0.2, -0.15) is 0 Å². The highest BCUT2D eigenvalue weighted by molar-refractivity contribution is 7.80. The number of carbonyl (C=O) groups excluding carboxylic acids is 1. The third-order valence-corrected chi connectivity index (χ3v) is 3.60. The van der Waals surface area contributed by atoms with Gasteiger partial charge in [0.25, 0.3) is 0 Å². The maximum atomic E-state index is 12.3. The Morgan fingerprint density at radius 3 is 2.46 bits per heavy atom. The van der Waals surface area contributed by atoms with Crippen LogP contribution >= 0.6 is 12.2 Å². The molecule has 7 nitrogen and oxygen atoms in total. The SMILES string of the molecule is CCNC(=S)Nc1c(C(=O)OCC)[nH]c2cc(OC)c(OC)cc12. The van der Waals surface area contributed by atoms with Crippen molar-refractivity contribution in [3.63, 3.8) is 0 Å². The van der Waals surface area contributed by atoms with Gasteiger partial charge in [0.15, 0.2) is 16.6 Å². The van der Waals surface area contributed by atoms with E-state index in [-0.39, 0.29) is 6.61 Å². The minimum Gasteiger partial charge on any atom is -0.493 e. The van der Waals surface area contributed by atoms with Gasteiger partial charge in [-0.25, -0.2) is 4.79 Å². The van der Waals surface area contributed by atoms with Crippen molar-refractivity contribution in [2.24, 2.45) is 0 Å². The van der Waals surface area contributed by atoms with Gasteiger partial charge in [-0.15, -0.1) is 0 Å². The fourth-order valence-electron chi connectivity index (χ4n) is 2.33. The molecule has 0 saturated heterocycles. The summed E-state index contributed by atoms with van der Waals surface area (Å²) < 4.78 is 15.8. The van der Waals surface area contributed by atoms with Crippen LogP contribution in [0, 0.1) is 0 Å². The number of hydrogen-bond donors (Lipinski definition) is 3. The first-order valence-electron chi connectivity index (χ1n) is 7.55. The van der Waals surface area contributed by atoms with Crippen molar-refractivity contribution >= 4 is 39.9 Å². The molecule has 1 aromatic carbocycles. The van der Waals surface area contributed by atoms with Gasteiger partial charge in [0.2, 0.25) is 0 Å². The Kier molecular flexibility index (Phi) is 5.86. The van der Waals surface area contributed by atoms with Crippen LogP contribution in [0.25, 0.3) is 10.9 Å². The van der Waals surface area contributed by atoms with E-state index < -0.39 is 5.97 Å². The molecule has 2 aromatic rings. The van der Waals surface area contributed by atoms with Gasteiger partial charge in [-0.05, 0) is 32.1 Å². The van der Waals surface area contributed by atoms with Crippen molar-refractivity contribution in [2.75, 3.05) is 32.7 Å². The average Bonchev–Trinajstić information content (AvgIpc) is 2.91.